The zero-order chi connectivity index (χ0) is 12.1. The molecule has 1 aromatic rings. The summed E-state index contributed by atoms with van der Waals surface area (Å²) in [4.78, 5) is 0. The van der Waals surface area contributed by atoms with Gasteiger partial charge in [-0.05, 0) is 17.7 Å². The number of allylic oxidation sites excluding steroid dienone is 5. The second kappa shape index (κ2) is 4.96. The average molecular weight is 218 g/mol. The molecule has 0 saturated heterocycles. The smallest absolute Gasteiger partial charge is 0.101 e. The van der Waals surface area contributed by atoms with Gasteiger partial charge in [-0.15, -0.1) is 0 Å². The summed E-state index contributed by atoms with van der Waals surface area (Å²) >= 11 is 0. The lowest BCUT2D eigenvalue weighted by molar-refractivity contribution is 1.10. The lowest BCUT2D eigenvalue weighted by Gasteiger charge is -1.99. The fourth-order valence-corrected chi connectivity index (χ4v) is 1.66. The van der Waals surface area contributed by atoms with E-state index in [9.17, 15) is 0 Å². The Labute approximate surface area is 100 Å². The van der Waals surface area contributed by atoms with Gasteiger partial charge in [-0.2, -0.15) is 10.5 Å². The Morgan fingerprint density at radius 3 is 2.35 bits per heavy atom. The molecule has 0 heterocycles. The molecule has 0 amide bonds. The van der Waals surface area contributed by atoms with Crippen LogP contribution in [0.25, 0.3) is 6.08 Å². The first-order valence-electron chi connectivity index (χ1n) is 5.31. The van der Waals surface area contributed by atoms with E-state index in [1.54, 1.807) is 12.1 Å². The van der Waals surface area contributed by atoms with Crippen LogP contribution >= 0.6 is 0 Å². The second-order valence-corrected chi connectivity index (χ2v) is 3.73. The molecule has 2 rings (SSSR count). The molecule has 0 saturated carbocycles. The summed E-state index contributed by atoms with van der Waals surface area (Å²) in [5.74, 6) is 0.330. The number of benzene rings is 1. The van der Waals surface area contributed by atoms with Crippen molar-refractivity contribution in [2.24, 2.45) is 5.92 Å². The van der Waals surface area contributed by atoms with Crippen molar-refractivity contribution in [2.75, 3.05) is 0 Å². The Balaban J connectivity index is 2.23. The van der Waals surface area contributed by atoms with Crippen LogP contribution < -0.4 is 0 Å². The highest BCUT2D eigenvalue weighted by atomic mass is 14.3. The molecule has 2 nitrogen and oxygen atoms in total. The molecular formula is C15H10N2. The van der Waals surface area contributed by atoms with E-state index in [2.05, 4.69) is 18.2 Å². The van der Waals surface area contributed by atoms with Crippen molar-refractivity contribution in [1.82, 2.24) is 0 Å². The minimum atomic E-state index is 0.330. The molecule has 1 aromatic carbocycles. The number of hydrogen-bond donors (Lipinski definition) is 0. The van der Waals surface area contributed by atoms with Crippen molar-refractivity contribution in [1.29, 1.82) is 10.5 Å². The molecule has 0 atom stereocenters. The Morgan fingerprint density at radius 2 is 1.71 bits per heavy atom. The molecule has 1 aliphatic carbocycles. The highest BCUT2D eigenvalue weighted by molar-refractivity contribution is 5.57. The van der Waals surface area contributed by atoms with Crippen molar-refractivity contribution in [2.45, 2.75) is 0 Å². The van der Waals surface area contributed by atoms with E-state index in [1.165, 1.54) is 0 Å². The van der Waals surface area contributed by atoms with Crippen LogP contribution in [0.5, 0.6) is 0 Å². The average Bonchev–Trinajstić information content (AvgIpc) is 2.89. The first-order chi connectivity index (χ1) is 8.33. The van der Waals surface area contributed by atoms with Crippen LogP contribution in [0, 0.1) is 28.6 Å². The predicted molar refractivity (Wildman–Crippen MR) is 66.7 cm³/mol. The molecule has 1 aliphatic rings. The number of nitrogens with zero attached hydrogens (tertiary/aromatic N) is 2. The van der Waals surface area contributed by atoms with Crippen molar-refractivity contribution >= 4 is 6.08 Å². The molecule has 0 aliphatic heterocycles. The van der Waals surface area contributed by atoms with Gasteiger partial charge in [-0.25, -0.2) is 0 Å². The highest BCUT2D eigenvalue weighted by Crippen LogP contribution is 2.15. The minimum absolute atomic E-state index is 0.330. The molecule has 17 heavy (non-hydrogen) atoms. The molecule has 0 fully saturated rings. The van der Waals surface area contributed by atoms with Gasteiger partial charge in [0.1, 0.15) is 12.1 Å². The lowest BCUT2D eigenvalue weighted by Crippen LogP contribution is -1.85. The maximum atomic E-state index is 8.91. The van der Waals surface area contributed by atoms with E-state index in [-0.39, 0.29) is 0 Å². The normalized spacial score (nSPS) is 14.0. The maximum Gasteiger partial charge on any atom is 0.101 e. The molecule has 80 valence electrons. The quantitative estimate of drug-likeness (QED) is 0.765. The third-order valence-electron chi connectivity index (χ3n) is 2.57. The fraction of sp³-hybridized carbons (Fsp3) is 0.0667. The molecule has 0 aromatic heterocycles. The van der Waals surface area contributed by atoms with Crippen LogP contribution in [0.4, 0.5) is 0 Å². The Hall–Kier alpha value is -2.58. The van der Waals surface area contributed by atoms with Gasteiger partial charge in [-0.1, -0.05) is 42.5 Å². The summed E-state index contributed by atoms with van der Waals surface area (Å²) in [7, 11) is 0. The number of rotatable bonds is 2. The largest absolute Gasteiger partial charge is 0.192 e. The van der Waals surface area contributed by atoms with Crippen molar-refractivity contribution in [3.63, 3.8) is 0 Å². The molecule has 0 N–H and O–H groups in total. The SMILES string of the molecule is N#Cc1ccc(/C=C/C2C=CC=C2)cc1C#N. The van der Waals surface area contributed by atoms with Gasteiger partial charge in [0.05, 0.1) is 11.1 Å². The van der Waals surface area contributed by atoms with E-state index < -0.39 is 0 Å². The van der Waals surface area contributed by atoms with E-state index >= 15 is 0 Å². The Bertz CT molecular complexity index is 580. The van der Waals surface area contributed by atoms with Crippen molar-refractivity contribution in [3.05, 3.63) is 65.3 Å². The van der Waals surface area contributed by atoms with Gasteiger partial charge < -0.3 is 0 Å². The van der Waals surface area contributed by atoms with Gasteiger partial charge in [0.2, 0.25) is 0 Å². The number of hydrogen-bond acceptors (Lipinski definition) is 2. The first-order valence-corrected chi connectivity index (χ1v) is 5.31. The summed E-state index contributed by atoms with van der Waals surface area (Å²) in [6.45, 7) is 0. The third-order valence-corrected chi connectivity index (χ3v) is 2.57. The maximum absolute atomic E-state index is 8.91. The van der Waals surface area contributed by atoms with Gasteiger partial charge in [0.25, 0.3) is 0 Å². The van der Waals surface area contributed by atoms with Crippen LogP contribution in [0.3, 0.4) is 0 Å². The summed E-state index contributed by atoms with van der Waals surface area (Å²) < 4.78 is 0. The standard InChI is InChI=1S/C15H10N2/c16-10-14-8-7-13(9-15(14)11-17)6-5-12-3-1-2-4-12/h1-9,12H/b6-5+. The van der Waals surface area contributed by atoms with Crippen LogP contribution in [0.2, 0.25) is 0 Å². The third kappa shape index (κ3) is 2.51. The molecule has 0 unspecified atom stereocenters. The van der Waals surface area contributed by atoms with Crippen molar-refractivity contribution in [3.8, 4) is 12.1 Å². The van der Waals surface area contributed by atoms with E-state index in [4.69, 9.17) is 10.5 Å². The van der Waals surface area contributed by atoms with Crippen molar-refractivity contribution < 1.29 is 0 Å². The zero-order valence-corrected chi connectivity index (χ0v) is 9.17. The van der Waals surface area contributed by atoms with Crippen LogP contribution in [-0.4, -0.2) is 0 Å². The minimum Gasteiger partial charge on any atom is -0.192 e. The first kappa shape index (κ1) is 10.9. The Kier molecular flexibility index (Phi) is 3.19. The topological polar surface area (TPSA) is 47.6 Å². The Morgan fingerprint density at radius 1 is 1.00 bits per heavy atom. The van der Waals surface area contributed by atoms with Crippen LogP contribution in [-0.2, 0) is 0 Å². The van der Waals surface area contributed by atoms with Gasteiger partial charge in [-0.3, -0.25) is 0 Å². The summed E-state index contributed by atoms with van der Waals surface area (Å²) in [5.41, 5.74) is 1.78. The summed E-state index contributed by atoms with van der Waals surface area (Å²) in [5, 5.41) is 17.7. The van der Waals surface area contributed by atoms with Gasteiger partial charge >= 0.3 is 0 Å². The van der Waals surface area contributed by atoms with Gasteiger partial charge in [0.15, 0.2) is 0 Å². The van der Waals surface area contributed by atoms with E-state index in [0.717, 1.165) is 5.56 Å². The zero-order valence-electron chi connectivity index (χ0n) is 9.17. The van der Waals surface area contributed by atoms with E-state index in [0.29, 0.717) is 17.0 Å². The number of nitriles is 2. The second-order valence-electron chi connectivity index (χ2n) is 3.73. The molecular weight excluding hydrogens is 208 g/mol. The molecule has 2 heteroatoms. The highest BCUT2D eigenvalue weighted by Gasteiger charge is 2.02. The molecule has 0 spiro atoms. The summed E-state index contributed by atoms with van der Waals surface area (Å²) in [6.07, 6.45) is 12.2. The predicted octanol–water partition coefficient (Wildman–Crippen LogP) is 3.19. The monoisotopic (exact) mass is 218 g/mol. The lowest BCUT2D eigenvalue weighted by atomic mass is 10.0. The molecule has 0 bridgehead atoms. The fourth-order valence-electron chi connectivity index (χ4n) is 1.66. The van der Waals surface area contributed by atoms with Gasteiger partial charge in [0, 0.05) is 5.92 Å². The van der Waals surface area contributed by atoms with E-state index in [1.807, 2.05) is 36.4 Å². The summed E-state index contributed by atoms with van der Waals surface area (Å²) in [6, 6.07) is 9.29. The molecule has 0 radical (unpaired) electrons. The van der Waals surface area contributed by atoms with Crippen LogP contribution in [0.15, 0.2) is 48.6 Å². The van der Waals surface area contributed by atoms with Crippen LogP contribution in [0.1, 0.15) is 16.7 Å².